The smallest absolute Gasteiger partial charge is 0.0996 e. The molecule has 0 bridgehead atoms. The van der Waals surface area contributed by atoms with Crippen LogP contribution in [0.5, 0.6) is 0 Å². The number of hydrogen-bond acceptors (Lipinski definition) is 3. The number of hydrogen-bond donors (Lipinski definition) is 0. The maximum Gasteiger partial charge on any atom is 0.0996 e. The Morgan fingerprint density at radius 2 is 2.06 bits per heavy atom. The van der Waals surface area contributed by atoms with Gasteiger partial charge >= 0.3 is 0 Å². The van der Waals surface area contributed by atoms with E-state index in [1.807, 2.05) is 35.9 Å². The van der Waals surface area contributed by atoms with Gasteiger partial charge in [0.05, 0.1) is 30.4 Å². The number of halogens is 1. The SMILES string of the molecule is Cc1c(CC#N)nnn1Cc1ccc(Br)cc1. The summed E-state index contributed by atoms with van der Waals surface area (Å²) in [5.74, 6) is 0. The molecule has 0 fully saturated rings. The molecule has 0 N–H and O–H groups in total. The van der Waals surface area contributed by atoms with Crippen molar-refractivity contribution >= 4 is 15.9 Å². The van der Waals surface area contributed by atoms with Crippen LogP contribution in [0, 0.1) is 18.3 Å². The van der Waals surface area contributed by atoms with Crippen LogP contribution in [0.4, 0.5) is 0 Å². The lowest BCUT2D eigenvalue weighted by Crippen LogP contribution is -2.04. The van der Waals surface area contributed by atoms with Crippen molar-refractivity contribution in [3.8, 4) is 6.07 Å². The number of benzene rings is 1. The van der Waals surface area contributed by atoms with Crippen molar-refractivity contribution in [3.63, 3.8) is 0 Å². The van der Waals surface area contributed by atoms with E-state index in [9.17, 15) is 0 Å². The van der Waals surface area contributed by atoms with E-state index in [-0.39, 0.29) is 0 Å². The third-order valence-electron chi connectivity index (χ3n) is 2.57. The lowest BCUT2D eigenvalue weighted by molar-refractivity contribution is 0.633. The summed E-state index contributed by atoms with van der Waals surface area (Å²) in [7, 11) is 0. The molecule has 4 nitrogen and oxygen atoms in total. The van der Waals surface area contributed by atoms with Crippen molar-refractivity contribution in [1.29, 1.82) is 5.26 Å². The monoisotopic (exact) mass is 290 g/mol. The van der Waals surface area contributed by atoms with Crippen molar-refractivity contribution in [1.82, 2.24) is 15.0 Å². The van der Waals surface area contributed by atoms with Crippen molar-refractivity contribution in [2.45, 2.75) is 19.9 Å². The maximum absolute atomic E-state index is 8.64. The van der Waals surface area contributed by atoms with Crippen LogP contribution in [0.3, 0.4) is 0 Å². The van der Waals surface area contributed by atoms with E-state index in [1.165, 1.54) is 0 Å². The highest BCUT2D eigenvalue weighted by Crippen LogP contribution is 2.12. The minimum absolute atomic E-state index is 0.312. The fourth-order valence-corrected chi connectivity index (χ4v) is 1.81. The summed E-state index contributed by atoms with van der Waals surface area (Å²) in [4.78, 5) is 0. The molecule has 0 radical (unpaired) electrons. The van der Waals surface area contributed by atoms with Gasteiger partial charge in [0.2, 0.25) is 0 Å². The molecule has 1 aromatic heterocycles. The fraction of sp³-hybridized carbons (Fsp3) is 0.250. The number of aromatic nitrogens is 3. The van der Waals surface area contributed by atoms with E-state index in [0.29, 0.717) is 13.0 Å². The summed E-state index contributed by atoms with van der Waals surface area (Å²) < 4.78 is 2.87. The zero-order valence-corrected chi connectivity index (χ0v) is 11.0. The highest BCUT2D eigenvalue weighted by Gasteiger charge is 2.07. The van der Waals surface area contributed by atoms with E-state index in [0.717, 1.165) is 21.4 Å². The van der Waals surface area contributed by atoms with Crippen LogP contribution < -0.4 is 0 Å². The largest absolute Gasteiger partial charge is 0.245 e. The summed E-state index contributed by atoms with van der Waals surface area (Å²) in [6.07, 6.45) is 0.312. The first-order valence-corrected chi connectivity index (χ1v) is 6.00. The first-order valence-electron chi connectivity index (χ1n) is 5.21. The fourth-order valence-electron chi connectivity index (χ4n) is 1.55. The van der Waals surface area contributed by atoms with Crippen LogP contribution in [0.15, 0.2) is 28.7 Å². The quantitative estimate of drug-likeness (QED) is 0.873. The number of nitrogens with zero attached hydrogens (tertiary/aromatic N) is 4. The van der Waals surface area contributed by atoms with Gasteiger partial charge in [-0.15, -0.1) is 5.10 Å². The number of nitriles is 1. The van der Waals surface area contributed by atoms with E-state index in [2.05, 4.69) is 32.3 Å². The lowest BCUT2D eigenvalue weighted by Gasteiger charge is -2.03. The molecule has 0 atom stereocenters. The minimum atomic E-state index is 0.312. The second kappa shape index (κ2) is 5.11. The Labute approximate surface area is 108 Å². The summed E-state index contributed by atoms with van der Waals surface area (Å²) in [5.41, 5.74) is 2.86. The van der Waals surface area contributed by atoms with Gasteiger partial charge in [0.15, 0.2) is 0 Å². The molecule has 0 aliphatic carbocycles. The first-order chi connectivity index (χ1) is 8.20. The van der Waals surface area contributed by atoms with Crippen molar-refractivity contribution in [2.75, 3.05) is 0 Å². The Morgan fingerprint density at radius 3 is 2.71 bits per heavy atom. The van der Waals surface area contributed by atoms with Gasteiger partial charge in [-0.1, -0.05) is 33.3 Å². The molecule has 2 rings (SSSR count). The minimum Gasteiger partial charge on any atom is -0.245 e. The molecule has 0 spiro atoms. The summed E-state index contributed by atoms with van der Waals surface area (Å²) in [6.45, 7) is 2.61. The van der Waals surface area contributed by atoms with Gasteiger partial charge in [0.25, 0.3) is 0 Å². The Hall–Kier alpha value is -1.67. The molecule has 1 heterocycles. The van der Waals surface area contributed by atoms with Crippen molar-refractivity contribution in [3.05, 3.63) is 45.7 Å². The highest BCUT2D eigenvalue weighted by molar-refractivity contribution is 9.10. The summed E-state index contributed by atoms with van der Waals surface area (Å²) in [6, 6.07) is 10.2. The Bertz CT molecular complexity index is 551. The number of rotatable bonds is 3. The summed E-state index contributed by atoms with van der Waals surface area (Å²) >= 11 is 3.40. The highest BCUT2D eigenvalue weighted by atomic mass is 79.9. The van der Waals surface area contributed by atoms with Crippen molar-refractivity contribution in [2.24, 2.45) is 0 Å². The molecule has 1 aromatic carbocycles. The predicted molar refractivity (Wildman–Crippen MR) is 67.3 cm³/mol. The molecule has 5 heteroatoms. The van der Waals surface area contributed by atoms with Crippen LogP contribution in [-0.4, -0.2) is 15.0 Å². The lowest BCUT2D eigenvalue weighted by atomic mass is 10.2. The van der Waals surface area contributed by atoms with Gasteiger partial charge in [-0.25, -0.2) is 4.68 Å². The topological polar surface area (TPSA) is 54.5 Å². The average Bonchev–Trinajstić information content (AvgIpc) is 2.65. The van der Waals surface area contributed by atoms with Crippen LogP contribution in [0.2, 0.25) is 0 Å². The van der Waals surface area contributed by atoms with E-state index < -0.39 is 0 Å². The first kappa shape index (κ1) is 11.8. The molecule has 0 saturated heterocycles. The van der Waals surface area contributed by atoms with E-state index in [1.54, 1.807) is 0 Å². The molecular formula is C12H11BrN4. The molecule has 17 heavy (non-hydrogen) atoms. The zero-order chi connectivity index (χ0) is 12.3. The second-order valence-electron chi connectivity index (χ2n) is 3.74. The van der Waals surface area contributed by atoms with Crippen molar-refractivity contribution < 1.29 is 0 Å². The Balaban J connectivity index is 2.19. The Morgan fingerprint density at radius 1 is 1.35 bits per heavy atom. The van der Waals surface area contributed by atoms with Gasteiger partial charge in [0.1, 0.15) is 0 Å². The van der Waals surface area contributed by atoms with Gasteiger partial charge in [0, 0.05) is 4.47 Å². The molecule has 0 aliphatic rings. The van der Waals surface area contributed by atoms with E-state index >= 15 is 0 Å². The van der Waals surface area contributed by atoms with Gasteiger partial charge < -0.3 is 0 Å². The van der Waals surface area contributed by atoms with Gasteiger partial charge in [-0.05, 0) is 24.6 Å². The van der Waals surface area contributed by atoms with Gasteiger partial charge in [-0.2, -0.15) is 5.26 Å². The average molecular weight is 291 g/mol. The third kappa shape index (κ3) is 2.71. The van der Waals surface area contributed by atoms with Crippen LogP contribution in [0.1, 0.15) is 17.0 Å². The van der Waals surface area contributed by atoms with Crippen LogP contribution in [0.25, 0.3) is 0 Å². The zero-order valence-electron chi connectivity index (χ0n) is 9.39. The summed E-state index contributed by atoms with van der Waals surface area (Å²) in [5, 5.41) is 16.7. The van der Waals surface area contributed by atoms with Crippen LogP contribution in [-0.2, 0) is 13.0 Å². The standard InChI is InChI=1S/C12H11BrN4/c1-9-12(6-7-14)15-16-17(9)8-10-2-4-11(13)5-3-10/h2-5H,6,8H2,1H3. The molecule has 86 valence electrons. The second-order valence-corrected chi connectivity index (χ2v) is 4.66. The molecule has 0 unspecified atom stereocenters. The predicted octanol–water partition coefficient (Wildman–Crippen LogP) is 2.46. The maximum atomic E-state index is 8.64. The molecule has 2 aromatic rings. The van der Waals surface area contributed by atoms with E-state index in [4.69, 9.17) is 5.26 Å². The molecule has 0 saturated carbocycles. The molecule has 0 amide bonds. The normalized spacial score (nSPS) is 10.2. The van der Waals surface area contributed by atoms with Gasteiger partial charge in [-0.3, -0.25) is 0 Å². The van der Waals surface area contributed by atoms with Crippen LogP contribution >= 0.6 is 15.9 Å². The third-order valence-corrected chi connectivity index (χ3v) is 3.10. The molecule has 0 aliphatic heterocycles. The Kier molecular flexibility index (Phi) is 3.55. The molecular weight excluding hydrogens is 280 g/mol.